The molecule has 0 aromatic heterocycles. The molecule has 88 valence electrons. The first-order chi connectivity index (χ1) is 7.32. The zero-order valence-electron chi connectivity index (χ0n) is 8.38. The van der Waals surface area contributed by atoms with Gasteiger partial charge in [-0.05, 0) is 18.6 Å². The minimum atomic E-state index is -4.48. The van der Waals surface area contributed by atoms with Gasteiger partial charge in [0, 0.05) is 0 Å². The van der Waals surface area contributed by atoms with Crippen molar-refractivity contribution in [2.45, 2.75) is 19.1 Å². The summed E-state index contributed by atoms with van der Waals surface area (Å²) >= 11 is 0. The number of rotatable bonds is 2. The Morgan fingerprint density at radius 2 is 1.94 bits per heavy atom. The van der Waals surface area contributed by atoms with Crippen LogP contribution in [0.1, 0.15) is 24.1 Å². The Balaban J connectivity index is 3.08. The number of carbonyl (C=O) groups is 1. The molecule has 0 radical (unpaired) electrons. The highest BCUT2D eigenvalue weighted by molar-refractivity contribution is 5.65. The molecule has 1 aromatic rings. The molecule has 2 N–H and O–H groups in total. The van der Waals surface area contributed by atoms with Crippen LogP contribution in [-0.4, -0.2) is 11.2 Å². The first kappa shape index (κ1) is 12.4. The van der Waals surface area contributed by atoms with Crippen LogP contribution in [0.25, 0.3) is 0 Å². The van der Waals surface area contributed by atoms with Crippen LogP contribution < -0.4 is 5.32 Å². The molecule has 1 atom stereocenters. The van der Waals surface area contributed by atoms with Crippen LogP contribution >= 0.6 is 0 Å². The summed E-state index contributed by atoms with van der Waals surface area (Å²) in [5.41, 5.74) is -0.909. The van der Waals surface area contributed by atoms with Crippen molar-refractivity contribution in [3.8, 4) is 0 Å². The van der Waals surface area contributed by atoms with E-state index in [0.29, 0.717) is 0 Å². The van der Waals surface area contributed by atoms with Crippen LogP contribution in [0.15, 0.2) is 24.3 Å². The van der Waals surface area contributed by atoms with Crippen molar-refractivity contribution in [1.29, 1.82) is 0 Å². The number of hydrogen-bond donors (Lipinski definition) is 2. The third kappa shape index (κ3) is 2.88. The van der Waals surface area contributed by atoms with Crippen molar-refractivity contribution in [1.82, 2.24) is 5.32 Å². The molecule has 1 aromatic carbocycles. The second kappa shape index (κ2) is 4.42. The minimum absolute atomic E-state index is 0.0857. The molecule has 0 bridgehead atoms. The fraction of sp³-hybridized carbons (Fsp3) is 0.300. The van der Waals surface area contributed by atoms with Crippen molar-refractivity contribution in [2.75, 3.05) is 0 Å². The van der Waals surface area contributed by atoms with Crippen LogP contribution in [0, 0.1) is 0 Å². The van der Waals surface area contributed by atoms with E-state index in [1.165, 1.54) is 25.1 Å². The Labute approximate surface area is 89.9 Å². The van der Waals surface area contributed by atoms with E-state index in [9.17, 15) is 18.0 Å². The molecule has 0 heterocycles. The number of alkyl halides is 3. The molecule has 6 heteroatoms. The van der Waals surface area contributed by atoms with Crippen molar-refractivity contribution in [3.63, 3.8) is 0 Å². The van der Waals surface area contributed by atoms with Gasteiger partial charge in [-0.25, -0.2) is 4.79 Å². The molecule has 0 saturated heterocycles. The van der Waals surface area contributed by atoms with Gasteiger partial charge in [-0.15, -0.1) is 0 Å². The highest BCUT2D eigenvalue weighted by atomic mass is 19.4. The van der Waals surface area contributed by atoms with Crippen molar-refractivity contribution < 1.29 is 23.1 Å². The Kier molecular flexibility index (Phi) is 3.41. The van der Waals surface area contributed by atoms with Gasteiger partial charge in [-0.1, -0.05) is 18.2 Å². The number of hydrogen-bond acceptors (Lipinski definition) is 1. The first-order valence-electron chi connectivity index (χ1n) is 4.48. The lowest BCUT2D eigenvalue weighted by Crippen LogP contribution is -2.26. The number of carboxylic acid groups (broad SMARTS) is 1. The number of amides is 1. The zero-order chi connectivity index (χ0) is 12.3. The lowest BCUT2D eigenvalue weighted by molar-refractivity contribution is -0.138. The van der Waals surface area contributed by atoms with Crippen LogP contribution in [0.4, 0.5) is 18.0 Å². The van der Waals surface area contributed by atoms with Gasteiger partial charge in [-0.3, -0.25) is 0 Å². The predicted octanol–water partition coefficient (Wildman–Crippen LogP) is 3.03. The Morgan fingerprint density at radius 3 is 2.44 bits per heavy atom. The van der Waals surface area contributed by atoms with E-state index in [1.54, 1.807) is 0 Å². The van der Waals surface area contributed by atoms with E-state index in [4.69, 9.17) is 5.11 Å². The van der Waals surface area contributed by atoms with E-state index in [-0.39, 0.29) is 5.56 Å². The molecule has 0 spiro atoms. The van der Waals surface area contributed by atoms with Crippen LogP contribution in [-0.2, 0) is 6.18 Å². The lowest BCUT2D eigenvalue weighted by Gasteiger charge is -2.17. The molecule has 1 rings (SSSR count). The first-order valence-corrected chi connectivity index (χ1v) is 4.48. The Hall–Kier alpha value is -1.72. The van der Waals surface area contributed by atoms with Crippen LogP contribution in [0.3, 0.4) is 0 Å². The SMILES string of the molecule is CC(NC(=O)O)c1ccccc1C(F)(F)F. The maximum Gasteiger partial charge on any atom is 0.416 e. The summed E-state index contributed by atoms with van der Waals surface area (Å²) in [5, 5.41) is 10.4. The quantitative estimate of drug-likeness (QED) is 0.824. The Morgan fingerprint density at radius 1 is 1.38 bits per heavy atom. The molecular weight excluding hydrogens is 223 g/mol. The Bertz CT molecular complexity index is 390. The number of halogens is 3. The fourth-order valence-corrected chi connectivity index (χ4v) is 1.40. The fourth-order valence-electron chi connectivity index (χ4n) is 1.40. The molecule has 0 aliphatic carbocycles. The number of nitrogens with one attached hydrogen (secondary N) is 1. The van der Waals surface area contributed by atoms with Crippen LogP contribution in [0.2, 0.25) is 0 Å². The van der Waals surface area contributed by atoms with Crippen LogP contribution in [0.5, 0.6) is 0 Å². The summed E-state index contributed by atoms with van der Waals surface area (Å²) in [6.45, 7) is 1.36. The molecular formula is C10H10F3NO2. The second-order valence-electron chi connectivity index (χ2n) is 3.26. The molecule has 16 heavy (non-hydrogen) atoms. The van der Waals surface area contributed by atoms with E-state index in [0.717, 1.165) is 6.07 Å². The lowest BCUT2D eigenvalue weighted by atomic mass is 10.0. The summed E-state index contributed by atoms with van der Waals surface area (Å²) in [7, 11) is 0. The third-order valence-electron chi connectivity index (χ3n) is 2.07. The van der Waals surface area contributed by atoms with Gasteiger partial charge >= 0.3 is 12.3 Å². The highest BCUT2D eigenvalue weighted by Gasteiger charge is 2.34. The molecule has 0 aliphatic rings. The summed E-state index contributed by atoms with van der Waals surface area (Å²) in [6, 6.07) is 3.97. The monoisotopic (exact) mass is 233 g/mol. The summed E-state index contributed by atoms with van der Waals surface area (Å²) < 4.78 is 37.7. The highest BCUT2D eigenvalue weighted by Crippen LogP contribution is 2.34. The summed E-state index contributed by atoms with van der Waals surface area (Å²) in [4.78, 5) is 10.4. The van der Waals surface area contributed by atoms with Crippen molar-refractivity contribution in [2.24, 2.45) is 0 Å². The topological polar surface area (TPSA) is 49.3 Å². The summed E-state index contributed by atoms with van der Waals surface area (Å²) in [5.74, 6) is 0. The third-order valence-corrected chi connectivity index (χ3v) is 2.07. The molecule has 0 aliphatic heterocycles. The molecule has 1 unspecified atom stereocenters. The summed E-state index contributed by atoms with van der Waals surface area (Å²) in [6.07, 6.45) is -5.84. The number of benzene rings is 1. The van der Waals surface area contributed by atoms with Crippen molar-refractivity contribution in [3.05, 3.63) is 35.4 Å². The van der Waals surface area contributed by atoms with E-state index < -0.39 is 23.9 Å². The smallest absolute Gasteiger partial charge is 0.416 e. The molecule has 1 amide bonds. The van der Waals surface area contributed by atoms with E-state index >= 15 is 0 Å². The van der Waals surface area contributed by atoms with Gasteiger partial charge in [0.15, 0.2) is 0 Å². The van der Waals surface area contributed by atoms with Gasteiger partial charge in [0.25, 0.3) is 0 Å². The maximum absolute atomic E-state index is 12.6. The van der Waals surface area contributed by atoms with Gasteiger partial charge in [0.2, 0.25) is 0 Å². The average molecular weight is 233 g/mol. The molecule has 0 fully saturated rings. The van der Waals surface area contributed by atoms with E-state index in [2.05, 4.69) is 0 Å². The largest absolute Gasteiger partial charge is 0.465 e. The van der Waals surface area contributed by atoms with Gasteiger partial charge < -0.3 is 10.4 Å². The van der Waals surface area contributed by atoms with Gasteiger partial charge in [0.05, 0.1) is 11.6 Å². The average Bonchev–Trinajstić information content (AvgIpc) is 2.15. The standard InChI is InChI=1S/C10H10F3NO2/c1-6(14-9(15)16)7-4-2-3-5-8(7)10(11,12)13/h2-6,14H,1H3,(H,15,16). The minimum Gasteiger partial charge on any atom is -0.465 e. The predicted molar refractivity (Wildman–Crippen MR) is 51.0 cm³/mol. The second-order valence-corrected chi connectivity index (χ2v) is 3.26. The maximum atomic E-state index is 12.6. The van der Waals surface area contributed by atoms with Crippen molar-refractivity contribution >= 4 is 6.09 Å². The van der Waals surface area contributed by atoms with Gasteiger partial charge in [-0.2, -0.15) is 13.2 Å². The normalized spacial score (nSPS) is 13.2. The zero-order valence-corrected chi connectivity index (χ0v) is 8.38. The van der Waals surface area contributed by atoms with Gasteiger partial charge in [0.1, 0.15) is 0 Å². The molecule has 3 nitrogen and oxygen atoms in total. The van der Waals surface area contributed by atoms with E-state index in [1.807, 2.05) is 5.32 Å². The molecule has 0 saturated carbocycles.